The average Bonchev–Trinajstić information content (AvgIpc) is 3.35. The predicted octanol–water partition coefficient (Wildman–Crippen LogP) is 18.1. The van der Waals surface area contributed by atoms with Gasteiger partial charge in [0.05, 0.1) is 13.2 Å². The summed E-state index contributed by atoms with van der Waals surface area (Å²) in [7, 11) is -4.38. The fraction of sp³-hybridized carbons (Fsp3) is 0.767. The molecule has 0 amide bonds. The highest BCUT2D eigenvalue weighted by Gasteiger charge is 2.26. The highest BCUT2D eigenvalue weighted by Crippen LogP contribution is 2.43. The molecule has 0 aromatic carbocycles. The van der Waals surface area contributed by atoms with Crippen molar-refractivity contribution in [1.29, 1.82) is 0 Å². The van der Waals surface area contributed by atoms with Crippen molar-refractivity contribution in [1.82, 2.24) is 0 Å². The highest BCUT2D eigenvalue weighted by molar-refractivity contribution is 7.47. The minimum Gasteiger partial charge on any atom is -0.462 e. The SMILES string of the molecule is CC/C=C\C/C=C\C/C=C\C/C=C\C/C=C\C/C=C\CCCCCCCCCCCCCCCCCCCCCCC(=O)OC(COC(=O)CCCCCCCCCCCC)COP(=O)(O)OCCN. The van der Waals surface area contributed by atoms with E-state index in [0.29, 0.717) is 6.42 Å². The molecule has 0 saturated heterocycles. The van der Waals surface area contributed by atoms with E-state index in [4.69, 9.17) is 24.3 Å². The first-order valence-electron chi connectivity index (χ1n) is 28.9. The van der Waals surface area contributed by atoms with Crippen molar-refractivity contribution in [3.63, 3.8) is 0 Å². The van der Waals surface area contributed by atoms with Crippen molar-refractivity contribution in [3.05, 3.63) is 72.9 Å². The van der Waals surface area contributed by atoms with Gasteiger partial charge in [-0.3, -0.25) is 18.6 Å². The largest absolute Gasteiger partial charge is 0.472 e. The first kappa shape index (κ1) is 67.5. The van der Waals surface area contributed by atoms with Crippen LogP contribution >= 0.6 is 7.82 Å². The smallest absolute Gasteiger partial charge is 0.462 e. The maximum atomic E-state index is 12.7. The molecule has 0 heterocycles. The van der Waals surface area contributed by atoms with Gasteiger partial charge in [0, 0.05) is 19.4 Å². The number of rotatable bonds is 54. The minimum absolute atomic E-state index is 0.0543. The van der Waals surface area contributed by atoms with Crippen LogP contribution in [0.1, 0.15) is 264 Å². The van der Waals surface area contributed by atoms with Gasteiger partial charge in [-0.15, -0.1) is 0 Å². The van der Waals surface area contributed by atoms with Gasteiger partial charge < -0.3 is 20.1 Å². The molecule has 0 aromatic heterocycles. The number of ether oxygens (including phenoxy) is 2. The molecule has 406 valence electrons. The molecule has 9 nitrogen and oxygen atoms in total. The Balaban J connectivity index is 3.76. The number of phosphoric acid groups is 1. The molecule has 0 fully saturated rings. The molecular formula is C60H108NO8P. The molecule has 0 aliphatic rings. The van der Waals surface area contributed by atoms with E-state index in [1.807, 2.05) is 0 Å². The van der Waals surface area contributed by atoms with Crippen LogP contribution < -0.4 is 5.73 Å². The fourth-order valence-corrected chi connectivity index (χ4v) is 8.88. The van der Waals surface area contributed by atoms with Gasteiger partial charge in [0.15, 0.2) is 6.10 Å². The van der Waals surface area contributed by atoms with Gasteiger partial charge in [0.25, 0.3) is 0 Å². The standard InChI is InChI=1S/C60H108NO8P/c1-3-5-7-9-11-13-15-16-17-18-19-20-21-22-23-24-25-26-27-28-29-30-31-32-33-34-35-36-37-38-39-40-41-42-43-45-47-49-51-53-60(63)69-58(57-68-70(64,65)67-55-54-61)56-66-59(62)52-50-48-46-44-14-12-10-8-6-4-2/h5,7,11,13,16-17,19-20,22-23,25-26,58H,3-4,6,8-10,12,14-15,18,21,24,27-57,61H2,1-2H3,(H,64,65)/b7-5-,13-11-,17-16-,20-19-,23-22-,26-25-. The van der Waals surface area contributed by atoms with E-state index in [1.54, 1.807) is 0 Å². The van der Waals surface area contributed by atoms with Crippen molar-refractivity contribution < 1.29 is 37.6 Å². The molecule has 70 heavy (non-hydrogen) atoms. The second-order valence-electron chi connectivity index (χ2n) is 19.1. The summed E-state index contributed by atoms with van der Waals surface area (Å²) in [5, 5.41) is 0. The van der Waals surface area contributed by atoms with Crippen molar-refractivity contribution >= 4 is 19.8 Å². The molecule has 0 bridgehead atoms. The maximum Gasteiger partial charge on any atom is 0.472 e. The molecule has 0 aromatic rings. The predicted molar refractivity (Wildman–Crippen MR) is 298 cm³/mol. The Morgan fingerprint density at radius 1 is 0.443 bits per heavy atom. The molecule has 3 N–H and O–H groups in total. The van der Waals surface area contributed by atoms with Crippen LogP contribution in [0.25, 0.3) is 0 Å². The van der Waals surface area contributed by atoms with E-state index < -0.39 is 26.5 Å². The van der Waals surface area contributed by atoms with E-state index in [9.17, 15) is 19.0 Å². The molecule has 0 saturated carbocycles. The second-order valence-corrected chi connectivity index (χ2v) is 20.6. The van der Waals surface area contributed by atoms with Crippen molar-refractivity contribution in [2.45, 2.75) is 270 Å². The van der Waals surface area contributed by atoms with E-state index in [0.717, 1.165) is 70.6 Å². The molecule has 2 atom stereocenters. The minimum atomic E-state index is -4.38. The number of carbonyl (C=O) groups excluding carboxylic acids is 2. The van der Waals surface area contributed by atoms with Crippen molar-refractivity contribution in [2.75, 3.05) is 26.4 Å². The third-order valence-electron chi connectivity index (χ3n) is 12.4. The molecule has 0 radical (unpaired) electrons. The Morgan fingerprint density at radius 2 is 0.786 bits per heavy atom. The van der Waals surface area contributed by atoms with Crippen LogP contribution in [-0.4, -0.2) is 49.3 Å². The van der Waals surface area contributed by atoms with Crippen LogP contribution in [0.15, 0.2) is 72.9 Å². The lowest BCUT2D eigenvalue weighted by atomic mass is 10.0. The molecule has 2 unspecified atom stereocenters. The lowest BCUT2D eigenvalue weighted by Gasteiger charge is -2.19. The van der Waals surface area contributed by atoms with E-state index in [-0.39, 0.29) is 38.6 Å². The van der Waals surface area contributed by atoms with Crippen LogP contribution in [-0.2, 0) is 32.7 Å². The zero-order chi connectivity index (χ0) is 51.0. The van der Waals surface area contributed by atoms with Gasteiger partial charge in [-0.05, 0) is 64.2 Å². The number of hydrogen-bond donors (Lipinski definition) is 2. The van der Waals surface area contributed by atoms with Crippen LogP contribution in [0.3, 0.4) is 0 Å². The first-order chi connectivity index (χ1) is 34.3. The Kier molecular flexibility index (Phi) is 53.7. The monoisotopic (exact) mass is 1000 g/mol. The fourth-order valence-electron chi connectivity index (χ4n) is 8.11. The number of unbranched alkanes of at least 4 members (excludes halogenated alkanes) is 29. The Hall–Kier alpha value is -2.55. The summed E-state index contributed by atoms with van der Waals surface area (Å²) in [5.41, 5.74) is 5.36. The molecule has 0 spiro atoms. The third-order valence-corrected chi connectivity index (χ3v) is 13.3. The number of hydrogen-bond acceptors (Lipinski definition) is 8. The number of allylic oxidation sites excluding steroid dienone is 12. The zero-order valence-electron chi connectivity index (χ0n) is 45.2. The second kappa shape index (κ2) is 55.8. The van der Waals surface area contributed by atoms with E-state index >= 15 is 0 Å². The number of carbonyl (C=O) groups is 2. The summed E-state index contributed by atoms with van der Waals surface area (Å²) in [6.45, 7) is 3.63. The summed E-state index contributed by atoms with van der Waals surface area (Å²) in [6, 6.07) is 0. The average molecular weight is 1000 g/mol. The third kappa shape index (κ3) is 54.8. The van der Waals surface area contributed by atoms with Gasteiger partial charge >= 0.3 is 19.8 Å². The molecular weight excluding hydrogens is 894 g/mol. The van der Waals surface area contributed by atoms with Gasteiger partial charge in [0.1, 0.15) is 6.61 Å². The van der Waals surface area contributed by atoms with Crippen LogP contribution in [0.4, 0.5) is 0 Å². The maximum absolute atomic E-state index is 12.7. The summed E-state index contributed by atoms with van der Waals surface area (Å²) < 4.78 is 32.9. The number of esters is 2. The molecule has 0 rings (SSSR count). The summed E-state index contributed by atoms with van der Waals surface area (Å²) >= 11 is 0. The Morgan fingerprint density at radius 3 is 1.17 bits per heavy atom. The molecule has 10 heteroatoms. The summed E-state index contributed by atoms with van der Waals surface area (Å²) in [4.78, 5) is 35.0. The zero-order valence-corrected chi connectivity index (χ0v) is 46.1. The van der Waals surface area contributed by atoms with Gasteiger partial charge in [0.2, 0.25) is 0 Å². The normalized spacial score (nSPS) is 13.6. The van der Waals surface area contributed by atoms with Crippen LogP contribution in [0.2, 0.25) is 0 Å². The Bertz CT molecular complexity index is 1370. The van der Waals surface area contributed by atoms with Crippen LogP contribution in [0.5, 0.6) is 0 Å². The summed E-state index contributed by atoms with van der Waals surface area (Å²) in [5.74, 6) is -0.820. The first-order valence-corrected chi connectivity index (χ1v) is 30.4. The number of nitrogens with two attached hydrogens (primary N) is 1. The van der Waals surface area contributed by atoms with E-state index in [1.165, 1.54) is 161 Å². The van der Waals surface area contributed by atoms with Crippen molar-refractivity contribution in [3.8, 4) is 0 Å². The van der Waals surface area contributed by atoms with Crippen LogP contribution in [0, 0.1) is 0 Å². The lowest BCUT2D eigenvalue weighted by Crippen LogP contribution is -2.29. The van der Waals surface area contributed by atoms with E-state index in [2.05, 4.69) is 86.8 Å². The lowest BCUT2D eigenvalue weighted by molar-refractivity contribution is -0.161. The van der Waals surface area contributed by atoms with Gasteiger partial charge in [-0.2, -0.15) is 0 Å². The topological polar surface area (TPSA) is 134 Å². The van der Waals surface area contributed by atoms with Crippen molar-refractivity contribution in [2.24, 2.45) is 5.73 Å². The van der Waals surface area contributed by atoms with Gasteiger partial charge in [-0.25, -0.2) is 4.57 Å². The molecule has 0 aliphatic heterocycles. The quantitative estimate of drug-likeness (QED) is 0.0264. The highest BCUT2D eigenvalue weighted by atomic mass is 31.2. The molecule has 0 aliphatic carbocycles. The number of phosphoric ester groups is 1. The Labute approximate surface area is 431 Å². The summed E-state index contributed by atoms with van der Waals surface area (Å²) in [6.07, 6.45) is 71.3. The van der Waals surface area contributed by atoms with Gasteiger partial charge in [-0.1, -0.05) is 260 Å².